The minimum absolute atomic E-state index is 0.0472. The van der Waals surface area contributed by atoms with Gasteiger partial charge in [0.15, 0.2) is 22.3 Å². The van der Waals surface area contributed by atoms with Crippen molar-refractivity contribution in [3.8, 4) is 11.5 Å². The molecule has 226 valence electrons. The number of aromatic hydroxyl groups is 2. The van der Waals surface area contributed by atoms with Gasteiger partial charge in [0.2, 0.25) is 0 Å². The molecule has 2 heterocycles. The minimum Gasteiger partial charge on any atom is -0.504 e. The molecule has 0 bridgehead atoms. The summed E-state index contributed by atoms with van der Waals surface area (Å²) in [6.07, 6.45) is -0.756. The van der Waals surface area contributed by atoms with E-state index >= 15 is 0 Å². The van der Waals surface area contributed by atoms with Crippen LogP contribution >= 0.6 is 11.3 Å². The van der Waals surface area contributed by atoms with E-state index in [2.05, 4.69) is 15.5 Å². The van der Waals surface area contributed by atoms with Crippen LogP contribution in [-0.4, -0.2) is 93.4 Å². The van der Waals surface area contributed by atoms with Crippen LogP contribution in [-0.2, 0) is 40.6 Å². The summed E-state index contributed by atoms with van der Waals surface area (Å²) >= 11 is 0.956. The first-order valence-electron chi connectivity index (χ1n) is 11.5. The van der Waals surface area contributed by atoms with Crippen molar-refractivity contribution >= 4 is 67.9 Å². The zero-order valence-electron chi connectivity index (χ0n) is 21.3. The fourth-order valence-electron chi connectivity index (χ4n) is 3.21. The third-order valence-corrected chi connectivity index (χ3v) is 6.99. The van der Waals surface area contributed by atoms with Crippen LogP contribution in [0.15, 0.2) is 22.7 Å². The number of carbonyl (C=O) groups excluding carboxylic acids is 3. The van der Waals surface area contributed by atoms with Crippen molar-refractivity contribution in [2.75, 3.05) is 23.6 Å². The fourth-order valence-corrected chi connectivity index (χ4v) is 4.64. The molecule has 1 fully saturated rings. The number of nitrogen functional groups attached to an aromatic ring is 1. The number of oxime groups is 1. The molecule has 9 N–H and O–H groups in total. The SMILES string of the molecule is CC(CON=C(C(=O)N[C@H]1CN(C(=O)NS(=O)(=O)Nc2c(CC(=O)O)ccc(O)c2O)C1=O)c1csc(N)n1)C(=O)O. The average Bonchev–Trinajstić information content (AvgIpc) is 3.32. The number of phenolic OH excluding ortho intramolecular Hbond substituents is 2. The molecule has 0 radical (unpaired) electrons. The number of aromatic nitrogens is 1. The number of carboxylic acid groups (broad SMARTS) is 2. The minimum atomic E-state index is -4.88. The summed E-state index contributed by atoms with van der Waals surface area (Å²) in [5.74, 6) is -7.35. The molecule has 21 heteroatoms. The van der Waals surface area contributed by atoms with E-state index < -0.39 is 94.4 Å². The molecule has 0 aliphatic carbocycles. The number of aliphatic carboxylic acids is 2. The van der Waals surface area contributed by atoms with Crippen LogP contribution in [0.3, 0.4) is 0 Å². The van der Waals surface area contributed by atoms with Gasteiger partial charge < -0.3 is 36.3 Å². The van der Waals surface area contributed by atoms with E-state index in [0.717, 1.165) is 23.5 Å². The lowest BCUT2D eigenvalue weighted by atomic mass is 10.1. The number of benzene rings is 1. The number of hydrogen-bond acceptors (Lipinski definition) is 14. The zero-order chi connectivity index (χ0) is 31.4. The van der Waals surface area contributed by atoms with Gasteiger partial charge in [-0.25, -0.2) is 14.5 Å². The summed E-state index contributed by atoms with van der Waals surface area (Å²) in [6, 6.07) is -0.802. The van der Waals surface area contributed by atoms with Gasteiger partial charge >= 0.3 is 28.2 Å². The number of imide groups is 1. The van der Waals surface area contributed by atoms with E-state index in [1.807, 2.05) is 0 Å². The highest BCUT2D eigenvalue weighted by molar-refractivity contribution is 7.91. The Bertz CT molecular complexity index is 1570. The highest BCUT2D eigenvalue weighted by Gasteiger charge is 2.43. The van der Waals surface area contributed by atoms with E-state index in [1.165, 1.54) is 17.0 Å². The lowest BCUT2D eigenvalue weighted by Gasteiger charge is -2.36. The number of phenols is 2. The van der Waals surface area contributed by atoms with Gasteiger partial charge in [0.1, 0.15) is 18.3 Å². The van der Waals surface area contributed by atoms with E-state index in [-0.39, 0.29) is 16.4 Å². The predicted octanol–water partition coefficient (Wildman–Crippen LogP) is -1.40. The number of β-lactam (4-membered cyclic amide) rings is 1. The quantitative estimate of drug-likeness (QED) is 0.0580. The van der Waals surface area contributed by atoms with Gasteiger partial charge in [-0.15, -0.1) is 11.3 Å². The number of likely N-dealkylation sites (tertiary alicyclic amines) is 1. The molecule has 1 unspecified atom stereocenters. The maximum absolute atomic E-state index is 12.8. The first-order chi connectivity index (χ1) is 19.6. The number of carbonyl (C=O) groups is 5. The molecule has 0 spiro atoms. The van der Waals surface area contributed by atoms with Crippen LogP contribution in [0.1, 0.15) is 18.2 Å². The zero-order valence-corrected chi connectivity index (χ0v) is 22.9. The van der Waals surface area contributed by atoms with Crippen LogP contribution in [0.25, 0.3) is 0 Å². The molecule has 4 amide bonds. The Balaban J connectivity index is 1.66. The Morgan fingerprint density at radius 3 is 2.52 bits per heavy atom. The molecule has 0 saturated carbocycles. The second kappa shape index (κ2) is 12.6. The highest BCUT2D eigenvalue weighted by Crippen LogP contribution is 2.37. The topological polar surface area (TPSA) is 300 Å². The van der Waals surface area contributed by atoms with E-state index in [9.17, 15) is 42.6 Å². The molecule has 2 aromatic rings. The fraction of sp³-hybridized carbons (Fsp3) is 0.286. The molecule has 1 aromatic heterocycles. The second-order valence-corrected chi connectivity index (χ2v) is 10.9. The lowest BCUT2D eigenvalue weighted by molar-refractivity contribution is -0.143. The summed E-state index contributed by atoms with van der Waals surface area (Å²) in [4.78, 5) is 69.1. The molecular formula is C21H23N7O12S2. The molecule has 42 heavy (non-hydrogen) atoms. The maximum Gasteiger partial charge on any atom is 0.339 e. The number of anilines is 2. The van der Waals surface area contributed by atoms with E-state index in [4.69, 9.17) is 20.8 Å². The highest BCUT2D eigenvalue weighted by atomic mass is 32.2. The third kappa shape index (κ3) is 7.51. The Labute approximate surface area is 239 Å². The number of nitrogens with two attached hydrogens (primary N) is 1. The Kier molecular flexibility index (Phi) is 9.37. The van der Waals surface area contributed by atoms with Crippen molar-refractivity contribution in [3.05, 3.63) is 28.8 Å². The summed E-state index contributed by atoms with van der Waals surface area (Å²) in [5, 5.41) is 44.9. The first kappa shape index (κ1) is 31.3. The molecule has 1 saturated heterocycles. The van der Waals surface area contributed by atoms with Gasteiger partial charge in [-0.05, 0) is 18.6 Å². The van der Waals surface area contributed by atoms with Crippen LogP contribution in [0, 0.1) is 5.92 Å². The number of rotatable bonds is 12. The maximum atomic E-state index is 12.8. The number of thiazole rings is 1. The van der Waals surface area contributed by atoms with E-state index in [0.29, 0.717) is 4.90 Å². The largest absolute Gasteiger partial charge is 0.504 e. The number of amides is 4. The number of nitrogens with zero attached hydrogens (tertiary/aromatic N) is 3. The van der Waals surface area contributed by atoms with Gasteiger partial charge in [-0.3, -0.25) is 28.8 Å². The first-order valence-corrected chi connectivity index (χ1v) is 13.8. The van der Waals surface area contributed by atoms with Gasteiger partial charge in [0, 0.05) is 5.38 Å². The molecule has 2 atom stereocenters. The van der Waals surface area contributed by atoms with Gasteiger partial charge in [-0.2, -0.15) is 8.42 Å². The molecular weight excluding hydrogens is 606 g/mol. The van der Waals surface area contributed by atoms with Crippen molar-refractivity contribution < 1.29 is 57.7 Å². The van der Waals surface area contributed by atoms with Crippen LogP contribution in [0.2, 0.25) is 0 Å². The van der Waals surface area contributed by atoms with Crippen molar-refractivity contribution in [2.45, 2.75) is 19.4 Å². The Morgan fingerprint density at radius 2 is 1.95 bits per heavy atom. The summed E-state index contributed by atoms with van der Waals surface area (Å²) < 4.78 is 28.2. The number of nitrogens with one attached hydrogen (secondary N) is 3. The van der Waals surface area contributed by atoms with Crippen molar-refractivity contribution in [2.24, 2.45) is 11.1 Å². The predicted molar refractivity (Wildman–Crippen MR) is 142 cm³/mol. The van der Waals surface area contributed by atoms with Crippen molar-refractivity contribution in [1.29, 1.82) is 0 Å². The number of urea groups is 1. The monoisotopic (exact) mass is 629 g/mol. The summed E-state index contributed by atoms with van der Waals surface area (Å²) in [7, 11) is -4.88. The summed E-state index contributed by atoms with van der Waals surface area (Å²) in [5.41, 5.74) is 4.11. The van der Waals surface area contributed by atoms with Gasteiger partial charge in [0.05, 0.1) is 24.6 Å². The molecule has 1 aliphatic rings. The van der Waals surface area contributed by atoms with Gasteiger partial charge in [0.25, 0.3) is 11.8 Å². The van der Waals surface area contributed by atoms with Crippen LogP contribution in [0.5, 0.6) is 11.5 Å². The molecule has 1 aliphatic heterocycles. The van der Waals surface area contributed by atoms with Crippen LogP contribution in [0.4, 0.5) is 15.6 Å². The second-order valence-electron chi connectivity index (χ2n) is 8.57. The van der Waals surface area contributed by atoms with Crippen molar-refractivity contribution in [3.63, 3.8) is 0 Å². The Morgan fingerprint density at radius 1 is 1.26 bits per heavy atom. The third-order valence-electron chi connectivity index (χ3n) is 5.40. The smallest absolute Gasteiger partial charge is 0.339 e. The normalized spacial score (nSPS) is 15.7. The number of hydrogen-bond donors (Lipinski definition) is 8. The lowest BCUT2D eigenvalue weighted by Crippen LogP contribution is -2.68. The Hall–Kier alpha value is -5.18. The van der Waals surface area contributed by atoms with Crippen LogP contribution < -0.4 is 20.5 Å². The van der Waals surface area contributed by atoms with Crippen molar-refractivity contribution in [1.82, 2.24) is 19.9 Å². The standard InChI is InChI=1S/C21H23N7O12S2/c1-8(19(35)36)6-40-25-15(11-7-41-20(22)24-11)17(33)23-10-5-28(18(10)34)21(37)27-42(38,39)26-14-9(4-13(30)31)2-3-12(29)16(14)32/h2-3,7-8,10,26,29,32H,4-6H2,1H3,(H2,22,24)(H,23,33)(H,27,37)(H,30,31)(H,35,36)/t8?,10-/m0/s1. The number of carboxylic acids is 2. The van der Waals surface area contributed by atoms with E-state index in [1.54, 1.807) is 4.72 Å². The summed E-state index contributed by atoms with van der Waals surface area (Å²) in [6.45, 7) is 0.446. The molecule has 3 rings (SSSR count). The average molecular weight is 630 g/mol. The molecule has 19 nitrogen and oxygen atoms in total. The van der Waals surface area contributed by atoms with Gasteiger partial charge in [-0.1, -0.05) is 11.2 Å². The molecule has 1 aromatic carbocycles.